The van der Waals surface area contributed by atoms with Crippen molar-refractivity contribution in [3.8, 4) is 16.3 Å². The molecule has 0 saturated carbocycles. The Morgan fingerprint density at radius 3 is 2.74 bits per heavy atom. The fourth-order valence-electron chi connectivity index (χ4n) is 3.46. The van der Waals surface area contributed by atoms with Crippen LogP contribution >= 0.6 is 22.9 Å². The Morgan fingerprint density at radius 2 is 2.00 bits per heavy atom. The lowest BCUT2D eigenvalue weighted by Gasteiger charge is -2.31. The summed E-state index contributed by atoms with van der Waals surface area (Å²) in [6.45, 7) is 2.74. The van der Waals surface area contributed by atoms with Crippen LogP contribution in [0.3, 0.4) is 0 Å². The van der Waals surface area contributed by atoms with E-state index in [0.29, 0.717) is 17.3 Å². The summed E-state index contributed by atoms with van der Waals surface area (Å²) < 4.78 is 5.55. The Kier molecular flexibility index (Phi) is 4.89. The van der Waals surface area contributed by atoms with E-state index in [1.54, 1.807) is 7.11 Å². The van der Waals surface area contributed by atoms with Gasteiger partial charge in [0, 0.05) is 22.5 Å². The van der Waals surface area contributed by atoms with Gasteiger partial charge in [-0.2, -0.15) is 0 Å². The summed E-state index contributed by atoms with van der Waals surface area (Å²) in [5.41, 5.74) is 4.66. The van der Waals surface area contributed by atoms with Gasteiger partial charge >= 0.3 is 0 Å². The Labute approximate surface area is 167 Å². The fraction of sp³-hybridized carbons (Fsp3) is 0.238. The summed E-state index contributed by atoms with van der Waals surface area (Å²) in [5.74, 6) is 0.646. The van der Waals surface area contributed by atoms with E-state index in [2.05, 4.69) is 11.9 Å². The number of carbonyl (C=O) groups is 1. The van der Waals surface area contributed by atoms with Crippen molar-refractivity contribution in [3.63, 3.8) is 0 Å². The van der Waals surface area contributed by atoms with Gasteiger partial charge in [0.2, 0.25) is 0 Å². The number of anilines is 1. The van der Waals surface area contributed by atoms with Crippen LogP contribution in [0.15, 0.2) is 41.8 Å². The highest BCUT2D eigenvalue weighted by Crippen LogP contribution is 2.39. The van der Waals surface area contributed by atoms with Gasteiger partial charge in [0.25, 0.3) is 5.91 Å². The first kappa shape index (κ1) is 18.0. The molecule has 0 spiro atoms. The minimum Gasteiger partial charge on any atom is -0.495 e. The van der Waals surface area contributed by atoms with E-state index in [1.165, 1.54) is 22.5 Å². The number of hydrogen-bond acceptors (Lipinski definition) is 4. The summed E-state index contributed by atoms with van der Waals surface area (Å²) in [7, 11) is 1.64. The molecule has 0 N–H and O–H groups in total. The summed E-state index contributed by atoms with van der Waals surface area (Å²) in [6.07, 6.45) is 1.89. The predicted molar refractivity (Wildman–Crippen MR) is 110 cm³/mol. The quantitative estimate of drug-likeness (QED) is 0.595. The van der Waals surface area contributed by atoms with Crippen molar-refractivity contribution in [1.82, 2.24) is 4.98 Å². The van der Waals surface area contributed by atoms with Gasteiger partial charge in [-0.15, -0.1) is 11.3 Å². The molecular weight excluding hydrogens is 380 g/mol. The number of aryl methyl sites for hydroxylation is 1. The van der Waals surface area contributed by atoms with E-state index >= 15 is 0 Å². The number of carbonyl (C=O) groups excluding carboxylic acids is 1. The van der Waals surface area contributed by atoms with E-state index in [4.69, 9.17) is 16.3 Å². The highest BCUT2D eigenvalue weighted by molar-refractivity contribution is 7.13. The van der Waals surface area contributed by atoms with Crippen LogP contribution in [0.2, 0.25) is 5.02 Å². The van der Waals surface area contributed by atoms with Crippen LogP contribution in [0.4, 0.5) is 5.69 Å². The first-order chi connectivity index (χ1) is 13.1. The molecule has 2 aromatic carbocycles. The third-order valence-electron chi connectivity index (χ3n) is 4.84. The maximum Gasteiger partial charge on any atom is 0.277 e. The maximum atomic E-state index is 13.2. The van der Waals surface area contributed by atoms with Crippen molar-refractivity contribution in [2.45, 2.75) is 19.8 Å². The van der Waals surface area contributed by atoms with E-state index in [9.17, 15) is 4.79 Å². The van der Waals surface area contributed by atoms with Gasteiger partial charge in [0.1, 0.15) is 16.5 Å². The normalized spacial score (nSPS) is 13.4. The number of thiazole rings is 1. The number of benzene rings is 2. The van der Waals surface area contributed by atoms with Crippen LogP contribution in [0, 0.1) is 6.92 Å². The molecule has 0 aliphatic carbocycles. The Morgan fingerprint density at radius 1 is 1.22 bits per heavy atom. The van der Waals surface area contributed by atoms with Crippen molar-refractivity contribution < 1.29 is 9.53 Å². The molecule has 1 aliphatic heterocycles. The Balaban J connectivity index is 1.69. The minimum absolute atomic E-state index is 0.0867. The first-order valence-corrected chi connectivity index (χ1v) is 10.0. The number of rotatable bonds is 3. The molecule has 1 aliphatic rings. The maximum absolute atomic E-state index is 13.2. The summed E-state index contributed by atoms with van der Waals surface area (Å²) >= 11 is 7.42. The topological polar surface area (TPSA) is 42.4 Å². The lowest BCUT2D eigenvalue weighted by Crippen LogP contribution is -2.36. The number of halogens is 1. The zero-order chi connectivity index (χ0) is 19.0. The van der Waals surface area contributed by atoms with Gasteiger partial charge in [-0.1, -0.05) is 29.8 Å². The molecule has 0 bridgehead atoms. The van der Waals surface area contributed by atoms with E-state index < -0.39 is 0 Å². The zero-order valence-electron chi connectivity index (χ0n) is 15.2. The van der Waals surface area contributed by atoms with Gasteiger partial charge in [0.05, 0.1) is 12.8 Å². The smallest absolute Gasteiger partial charge is 0.277 e. The molecule has 0 radical (unpaired) electrons. The predicted octanol–water partition coefficient (Wildman–Crippen LogP) is 5.37. The summed E-state index contributed by atoms with van der Waals surface area (Å²) in [5, 5.41) is 3.31. The molecule has 1 amide bonds. The van der Waals surface area contributed by atoms with Gasteiger partial charge in [-0.05, 0) is 49.1 Å². The first-order valence-electron chi connectivity index (χ1n) is 8.78. The number of methoxy groups -OCH3 is 1. The highest BCUT2D eigenvalue weighted by atomic mass is 35.5. The van der Waals surface area contributed by atoms with Crippen LogP contribution in [0.1, 0.15) is 28.0 Å². The number of aromatic nitrogens is 1. The van der Waals surface area contributed by atoms with E-state index in [1.807, 2.05) is 46.7 Å². The SMILES string of the molecule is COc1ccc(C)c2c1N(C(=O)c1csc(-c3ccc(Cl)cc3)n1)CCC2. The number of nitrogens with zero attached hydrogens (tertiary/aromatic N) is 2. The monoisotopic (exact) mass is 398 g/mol. The Bertz CT molecular complexity index is 998. The molecule has 0 fully saturated rings. The van der Waals surface area contributed by atoms with Crippen LogP contribution in [-0.2, 0) is 6.42 Å². The standard InChI is InChI=1S/C21H19ClN2O2S/c1-13-5-10-18(26-2)19-16(13)4-3-11-24(19)21(25)17-12-27-20(23-17)14-6-8-15(22)9-7-14/h5-10,12H,3-4,11H2,1-2H3. The van der Waals surface area contributed by atoms with Gasteiger partial charge in [-0.25, -0.2) is 4.98 Å². The summed E-state index contributed by atoms with van der Waals surface area (Å²) in [4.78, 5) is 19.6. The Hall–Kier alpha value is -2.37. The number of ether oxygens (including phenoxy) is 1. The molecule has 1 aromatic heterocycles. The van der Waals surface area contributed by atoms with Gasteiger partial charge in [0.15, 0.2) is 0 Å². The lowest BCUT2D eigenvalue weighted by atomic mass is 9.96. The van der Waals surface area contributed by atoms with Crippen LogP contribution in [0.5, 0.6) is 5.75 Å². The molecule has 4 rings (SSSR count). The van der Waals surface area contributed by atoms with Gasteiger partial charge < -0.3 is 9.64 Å². The number of fused-ring (bicyclic) bond motifs is 1. The summed E-state index contributed by atoms with van der Waals surface area (Å²) in [6, 6.07) is 11.5. The highest BCUT2D eigenvalue weighted by Gasteiger charge is 2.29. The zero-order valence-corrected chi connectivity index (χ0v) is 16.7. The van der Waals surface area contributed by atoms with Crippen molar-refractivity contribution in [3.05, 3.63) is 63.6 Å². The van der Waals surface area contributed by atoms with Crippen LogP contribution in [-0.4, -0.2) is 24.5 Å². The molecule has 0 unspecified atom stereocenters. The molecule has 0 atom stereocenters. The molecule has 2 heterocycles. The molecular formula is C21H19ClN2O2S. The second-order valence-corrected chi connectivity index (χ2v) is 7.81. The average molecular weight is 399 g/mol. The van der Waals surface area contributed by atoms with Crippen LogP contribution in [0.25, 0.3) is 10.6 Å². The molecule has 3 aromatic rings. The number of hydrogen-bond donors (Lipinski definition) is 0. The second kappa shape index (κ2) is 7.33. The molecule has 0 saturated heterocycles. The largest absolute Gasteiger partial charge is 0.495 e. The van der Waals surface area contributed by atoms with Crippen LogP contribution < -0.4 is 9.64 Å². The molecule has 138 valence electrons. The molecule has 27 heavy (non-hydrogen) atoms. The van der Waals surface area contributed by atoms with E-state index in [-0.39, 0.29) is 5.91 Å². The van der Waals surface area contributed by atoms with Crippen molar-refractivity contribution in [1.29, 1.82) is 0 Å². The van der Waals surface area contributed by atoms with Gasteiger partial charge in [-0.3, -0.25) is 4.79 Å². The third kappa shape index (κ3) is 3.33. The van der Waals surface area contributed by atoms with Crippen molar-refractivity contribution >= 4 is 34.5 Å². The number of amides is 1. The van der Waals surface area contributed by atoms with E-state index in [0.717, 1.165) is 34.8 Å². The second-order valence-electron chi connectivity index (χ2n) is 6.52. The van der Waals surface area contributed by atoms with Crippen molar-refractivity contribution in [2.24, 2.45) is 0 Å². The molecule has 4 nitrogen and oxygen atoms in total. The fourth-order valence-corrected chi connectivity index (χ4v) is 4.38. The average Bonchev–Trinajstić information content (AvgIpc) is 3.18. The van der Waals surface area contributed by atoms with Crippen molar-refractivity contribution in [2.75, 3.05) is 18.6 Å². The third-order valence-corrected chi connectivity index (χ3v) is 5.98. The minimum atomic E-state index is -0.0867. The molecule has 6 heteroatoms. The lowest BCUT2D eigenvalue weighted by molar-refractivity contribution is 0.0980.